The minimum absolute atomic E-state index is 0.00162. The number of nitrogen functional groups attached to an aromatic ring is 1. The predicted molar refractivity (Wildman–Crippen MR) is 77.6 cm³/mol. The van der Waals surface area contributed by atoms with Crippen LogP contribution < -0.4 is 5.73 Å². The lowest BCUT2D eigenvalue weighted by Gasteiger charge is -2.21. The first-order valence-corrected chi connectivity index (χ1v) is 6.59. The molecule has 0 saturated heterocycles. The van der Waals surface area contributed by atoms with Crippen molar-refractivity contribution in [3.63, 3.8) is 0 Å². The highest BCUT2D eigenvalue weighted by Crippen LogP contribution is 2.14. The lowest BCUT2D eigenvalue weighted by Crippen LogP contribution is -2.30. The highest BCUT2D eigenvalue weighted by atomic mass is 19.1. The number of anilines is 1. The summed E-state index contributed by atoms with van der Waals surface area (Å²) in [5.74, 6) is -1.95. The first-order valence-electron chi connectivity index (χ1n) is 6.59. The van der Waals surface area contributed by atoms with Gasteiger partial charge in [0.05, 0.1) is 0 Å². The quantitative estimate of drug-likeness (QED) is 0.879. The fourth-order valence-corrected chi connectivity index (χ4v) is 2.10. The number of amides is 1. The second-order valence-electron chi connectivity index (χ2n) is 4.72. The number of hydrogen-bond donors (Lipinski definition) is 1. The Kier molecular flexibility index (Phi) is 4.52. The molecule has 0 aliphatic rings. The predicted octanol–water partition coefficient (Wildman–Crippen LogP) is 3.21. The third-order valence-electron chi connectivity index (χ3n) is 3.10. The van der Waals surface area contributed by atoms with Crippen LogP contribution in [0.15, 0.2) is 42.5 Å². The molecule has 5 heteroatoms. The number of carbonyl (C=O) groups is 1. The van der Waals surface area contributed by atoms with Gasteiger partial charge in [-0.05, 0) is 36.8 Å². The summed E-state index contributed by atoms with van der Waals surface area (Å²) in [7, 11) is 0. The van der Waals surface area contributed by atoms with Crippen LogP contribution in [-0.2, 0) is 6.54 Å². The molecule has 3 nitrogen and oxygen atoms in total. The minimum atomic E-state index is -0.765. The number of carbonyl (C=O) groups excluding carboxylic acids is 1. The molecule has 0 bridgehead atoms. The van der Waals surface area contributed by atoms with Crippen LogP contribution in [0.2, 0.25) is 0 Å². The van der Waals surface area contributed by atoms with E-state index in [0.29, 0.717) is 18.8 Å². The Morgan fingerprint density at radius 1 is 1.14 bits per heavy atom. The van der Waals surface area contributed by atoms with Gasteiger partial charge in [0.15, 0.2) is 0 Å². The Bertz CT molecular complexity index is 638. The second kappa shape index (κ2) is 6.35. The maximum atomic E-state index is 13.2. The summed E-state index contributed by atoms with van der Waals surface area (Å²) in [6.07, 6.45) is 0. The van der Waals surface area contributed by atoms with Gasteiger partial charge in [0.2, 0.25) is 0 Å². The zero-order valence-electron chi connectivity index (χ0n) is 11.6. The number of benzene rings is 2. The van der Waals surface area contributed by atoms with Crippen LogP contribution in [0, 0.1) is 11.6 Å². The average molecular weight is 290 g/mol. The van der Waals surface area contributed by atoms with E-state index in [1.165, 1.54) is 4.90 Å². The Morgan fingerprint density at radius 3 is 2.38 bits per heavy atom. The zero-order chi connectivity index (χ0) is 15.4. The summed E-state index contributed by atoms with van der Waals surface area (Å²) in [4.78, 5) is 13.8. The van der Waals surface area contributed by atoms with Crippen molar-refractivity contribution >= 4 is 11.6 Å². The van der Waals surface area contributed by atoms with Gasteiger partial charge in [0.25, 0.3) is 5.91 Å². The number of hydrogen-bond acceptors (Lipinski definition) is 2. The molecular weight excluding hydrogens is 274 g/mol. The van der Waals surface area contributed by atoms with Crippen molar-refractivity contribution in [2.75, 3.05) is 12.3 Å². The second-order valence-corrected chi connectivity index (χ2v) is 4.72. The van der Waals surface area contributed by atoms with E-state index >= 15 is 0 Å². The third kappa shape index (κ3) is 3.78. The van der Waals surface area contributed by atoms with E-state index < -0.39 is 17.5 Å². The molecule has 0 spiro atoms. The maximum Gasteiger partial charge on any atom is 0.254 e. The van der Waals surface area contributed by atoms with Gasteiger partial charge in [-0.15, -0.1) is 0 Å². The molecule has 0 heterocycles. The van der Waals surface area contributed by atoms with E-state index in [1.54, 1.807) is 25.1 Å². The van der Waals surface area contributed by atoms with Crippen molar-refractivity contribution in [3.05, 3.63) is 65.2 Å². The van der Waals surface area contributed by atoms with E-state index in [0.717, 1.165) is 23.8 Å². The fraction of sp³-hybridized carbons (Fsp3) is 0.188. The standard InChI is InChI=1S/C16H16F2N2O/c1-2-20(10-11-4-3-5-15(19)6-11)16(21)12-7-13(17)9-14(18)8-12/h3-9H,2,10,19H2,1H3. The summed E-state index contributed by atoms with van der Waals surface area (Å²) in [5, 5.41) is 0. The lowest BCUT2D eigenvalue weighted by molar-refractivity contribution is 0.0751. The van der Waals surface area contributed by atoms with Crippen molar-refractivity contribution in [1.82, 2.24) is 4.90 Å². The SMILES string of the molecule is CCN(Cc1cccc(N)c1)C(=O)c1cc(F)cc(F)c1. The summed E-state index contributed by atoms with van der Waals surface area (Å²) in [5.41, 5.74) is 7.17. The van der Waals surface area contributed by atoms with Gasteiger partial charge in [0.1, 0.15) is 11.6 Å². The largest absolute Gasteiger partial charge is 0.399 e. The van der Waals surface area contributed by atoms with Gasteiger partial charge in [-0.2, -0.15) is 0 Å². The molecule has 0 aliphatic carbocycles. The van der Waals surface area contributed by atoms with Crippen LogP contribution >= 0.6 is 0 Å². The molecule has 0 radical (unpaired) electrons. The minimum Gasteiger partial charge on any atom is -0.399 e. The summed E-state index contributed by atoms with van der Waals surface area (Å²) in [6.45, 7) is 2.56. The average Bonchev–Trinajstić information content (AvgIpc) is 2.43. The molecular formula is C16H16F2N2O. The summed E-state index contributed by atoms with van der Waals surface area (Å²) >= 11 is 0. The number of nitrogens with two attached hydrogens (primary N) is 1. The van der Waals surface area contributed by atoms with Gasteiger partial charge in [-0.25, -0.2) is 8.78 Å². The first-order chi connectivity index (χ1) is 9.99. The molecule has 0 unspecified atom stereocenters. The smallest absolute Gasteiger partial charge is 0.254 e. The maximum absolute atomic E-state index is 13.2. The van der Waals surface area contributed by atoms with E-state index in [2.05, 4.69) is 0 Å². The van der Waals surface area contributed by atoms with E-state index in [1.807, 2.05) is 6.07 Å². The first kappa shape index (κ1) is 15.0. The molecule has 1 amide bonds. The van der Waals surface area contributed by atoms with Crippen LogP contribution in [0.1, 0.15) is 22.8 Å². The van der Waals surface area contributed by atoms with Gasteiger partial charge < -0.3 is 10.6 Å². The summed E-state index contributed by atoms with van der Waals surface area (Å²) < 4.78 is 26.4. The molecule has 2 rings (SSSR count). The van der Waals surface area contributed by atoms with Crippen molar-refractivity contribution in [2.45, 2.75) is 13.5 Å². The number of halogens is 2. The Hall–Kier alpha value is -2.43. The number of nitrogens with zero attached hydrogens (tertiary/aromatic N) is 1. The van der Waals surface area contributed by atoms with Crippen molar-refractivity contribution in [3.8, 4) is 0 Å². The molecule has 0 saturated carbocycles. The van der Waals surface area contributed by atoms with Crippen molar-refractivity contribution in [1.29, 1.82) is 0 Å². The van der Waals surface area contributed by atoms with Crippen molar-refractivity contribution < 1.29 is 13.6 Å². The number of rotatable bonds is 4. The normalized spacial score (nSPS) is 10.4. The van der Waals surface area contributed by atoms with Crippen LogP contribution in [0.5, 0.6) is 0 Å². The molecule has 2 N–H and O–H groups in total. The van der Waals surface area contributed by atoms with E-state index in [-0.39, 0.29) is 5.56 Å². The van der Waals surface area contributed by atoms with Crippen LogP contribution in [-0.4, -0.2) is 17.4 Å². The van der Waals surface area contributed by atoms with Crippen LogP contribution in [0.25, 0.3) is 0 Å². The Balaban J connectivity index is 2.22. The van der Waals surface area contributed by atoms with Crippen molar-refractivity contribution in [2.24, 2.45) is 0 Å². The van der Waals surface area contributed by atoms with Gasteiger partial charge in [-0.1, -0.05) is 12.1 Å². The molecule has 110 valence electrons. The van der Waals surface area contributed by atoms with E-state index in [9.17, 15) is 13.6 Å². The molecule has 0 aromatic heterocycles. The zero-order valence-corrected chi connectivity index (χ0v) is 11.6. The van der Waals surface area contributed by atoms with Crippen LogP contribution in [0.4, 0.5) is 14.5 Å². The molecule has 0 atom stereocenters. The summed E-state index contributed by atoms with van der Waals surface area (Å²) in [6, 6.07) is 9.97. The molecule has 2 aromatic carbocycles. The highest BCUT2D eigenvalue weighted by Gasteiger charge is 2.16. The monoisotopic (exact) mass is 290 g/mol. The van der Waals surface area contributed by atoms with Gasteiger partial charge >= 0.3 is 0 Å². The highest BCUT2D eigenvalue weighted by molar-refractivity contribution is 5.94. The molecule has 21 heavy (non-hydrogen) atoms. The van der Waals surface area contributed by atoms with Gasteiger partial charge in [-0.3, -0.25) is 4.79 Å². The molecule has 0 aliphatic heterocycles. The lowest BCUT2D eigenvalue weighted by atomic mass is 10.1. The molecule has 0 fully saturated rings. The third-order valence-corrected chi connectivity index (χ3v) is 3.10. The Morgan fingerprint density at radius 2 is 1.81 bits per heavy atom. The Labute approximate surface area is 122 Å². The fourth-order valence-electron chi connectivity index (χ4n) is 2.10. The van der Waals surface area contributed by atoms with Crippen LogP contribution in [0.3, 0.4) is 0 Å². The van der Waals surface area contributed by atoms with E-state index in [4.69, 9.17) is 5.73 Å². The van der Waals surface area contributed by atoms with Gasteiger partial charge in [0, 0.05) is 30.4 Å². The topological polar surface area (TPSA) is 46.3 Å². The molecule has 2 aromatic rings.